The molecule has 0 saturated carbocycles. The number of hydrogen-bond donors (Lipinski definition) is 1. The van der Waals surface area contributed by atoms with Gasteiger partial charge < -0.3 is 14.8 Å². The summed E-state index contributed by atoms with van der Waals surface area (Å²) in [5, 5.41) is 2.76. The van der Waals surface area contributed by atoms with Gasteiger partial charge in [-0.3, -0.25) is 4.79 Å². The van der Waals surface area contributed by atoms with Gasteiger partial charge in [0.15, 0.2) is 11.5 Å². The van der Waals surface area contributed by atoms with Gasteiger partial charge in [-0.15, -0.1) is 0 Å². The fourth-order valence-corrected chi connectivity index (χ4v) is 4.22. The first-order valence-electron chi connectivity index (χ1n) is 9.59. The molecule has 0 bridgehead atoms. The van der Waals surface area contributed by atoms with E-state index in [4.69, 9.17) is 9.47 Å². The van der Waals surface area contributed by atoms with Crippen molar-refractivity contribution in [3.8, 4) is 11.5 Å². The van der Waals surface area contributed by atoms with Crippen LogP contribution in [0.2, 0.25) is 0 Å². The largest absolute Gasteiger partial charge is 0.493 e. The molecule has 0 aliphatic carbocycles. The van der Waals surface area contributed by atoms with Crippen LogP contribution in [-0.4, -0.2) is 45.4 Å². The van der Waals surface area contributed by atoms with E-state index in [0.29, 0.717) is 42.4 Å². The summed E-state index contributed by atoms with van der Waals surface area (Å²) in [6.07, 6.45) is 0.866. The minimum atomic E-state index is -3.53. The van der Waals surface area contributed by atoms with Crippen LogP contribution in [0.25, 0.3) is 0 Å². The summed E-state index contributed by atoms with van der Waals surface area (Å²) >= 11 is 0. The van der Waals surface area contributed by atoms with E-state index in [1.54, 1.807) is 44.2 Å². The summed E-state index contributed by atoms with van der Waals surface area (Å²) in [7, 11) is -2.01. The van der Waals surface area contributed by atoms with Crippen molar-refractivity contribution in [2.75, 3.05) is 32.1 Å². The van der Waals surface area contributed by atoms with Gasteiger partial charge in [0.2, 0.25) is 10.0 Å². The highest BCUT2D eigenvalue weighted by molar-refractivity contribution is 7.89. The Labute approximate surface area is 172 Å². The summed E-state index contributed by atoms with van der Waals surface area (Å²) < 4.78 is 37.4. The molecule has 2 rings (SSSR count). The van der Waals surface area contributed by atoms with E-state index >= 15 is 0 Å². The molecule has 0 aliphatic rings. The maximum absolute atomic E-state index is 12.6. The average Bonchev–Trinajstić information content (AvgIpc) is 2.73. The van der Waals surface area contributed by atoms with Crippen LogP contribution in [0.3, 0.4) is 0 Å². The van der Waals surface area contributed by atoms with Gasteiger partial charge in [-0.05, 0) is 48.9 Å². The molecule has 29 heavy (non-hydrogen) atoms. The molecule has 1 N–H and O–H groups in total. The number of rotatable bonds is 10. The molecule has 0 unspecified atom stereocenters. The van der Waals surface area contributed by atoms with Crippen molar-refractivity contribution in [2.24, 2.45) is 0 Å². The molecular formula is C21H28N2O5S. The van der Waals surface area contributed by atoms with Gasteiger partial charge in [-0.25, -0.2) is 8.42 Å². The standard InChI is InChI=1S/C21H28N2O5S/c1-5-14-28-19-13-8-16(15-20(19)27-4)21(24)22-17-9-11-18(12-10-17)29(25,26)23(6-2)7-3/h8-13,15H,5-7,14H2,1-4H3,(H,22,24). The van der Waals surface area contributed by atoms with Crippen molar-refractivity contribution in [3.05, 3.63) is 48.0 Å². The summed E-state index contributed by atoms with van der Waals surface area (Å²) in [5.74, 6) is 0.730. The Balaban J connectivity index is 2.15. The van der Waals surface area contributed by atoms with Crippen LogP contribution >= 0.6 is 0 Å². The van der Waals surface area contributed by atoms with Crippen molar-refractivity contribution in [3.63, 3.8) is 0 Å². The third kappa shape index (κ3) is 5.48. The number of benzene rings is 2. The van der Waals surface area contributed by atoms with Gasteiger partial charge in [0.1, 0.15) is 0 Å². The minimum absolute atomic E-state index is 0.193. The maximum Gasteiger partial charge on any atom is 0.255 e. The lowest BCUT2D eigenvalue weighted by atomic mass is 10.2. The number of carbonyl (C=O) groups is 1. The third-order valence-corrected chi connectivity index (χ3v) is 6.41. The zero-order valence-corrected chi connectivity index (χ0v) is 18.1. The molecule has 0 atom stereocenters. The number of nitrogens with zero attached hydrogens (tertiary/aromatic N) is 1. The Kier molecular flexibility index (Phi) is 8.04. The summed E-state index contributed by atoms with van der Waals surface area (Å²) in [4.78, 5) is 12.7. The van der Waals surface area contributed by atoms with E-state index in [1.165, 1.54) is 23.5 Å². The first kappa shape index (κ1) is 22.7. The molecule has 2 aromatic rings. The normalized spacial score (nSPS) is 11.3. The van der Waals surface area contributed by atoms with Crippen LogP contribution < -0.4 is 14.8 Å². The van der Waals surface area contributed by atoms with Gasteiger partial charge in [0, 0.05) is 24.3 Å². The lowest BCUT2D eigenvalue weighted by molar-refractivity contribution is 0.102. The molecule has 7 nitrogen and oxygen atoms in total. The van der Waals surface area contributed by atoms with E-state index in [2.05, 4.69) is 5.32 Å². The Morgan fingerprint density at radius 3 is 2.21 bits per heavy atom. The molecule has 0 radical (unpaired) electrons. The van der Waals surface area contributed by atoms with Gasteiger partial charge in [-0.2, -0.15) is 4.31 Å². The molecule has 8 heteroatoms. The predicted octanol–water partition coefficient (Wildman–Crippen LogP) is 3.77. The number of ether oxygens (including phenoxy) is 2. The number of methoxy groups -OCH3 is 1. The highest BCUT2D eigenvalue weighted by Crippen LogP contribution is 2.28. The molecule has 158 valence electrons. The van der Waals surface area contributed by atoms with Crippen LogP contribution in [0.15, 0.2) is 47.4 Å². The highest BCUT2D eigenvalue weighted by atomic mass is 32.2. The van der Waals surface area contributed by atoms with Crippen LogP contribution in [0.5, 0.6) is 11.5 Å². The van der Waals surface area contributed by atoms with Crippen molar-refractivity contribution in [1.82, 2.24) is 4.31 Å². The molecule has 0 heterocycles. The molecule has 0 fully saturated rings. The number of carbonyl (C=O) groups excluding carboxylic acids is 1. The molecule has 2 aromatic carbocycles. The molecule has 1 amide bonds. The topological polar surface area (TPSA) is 84.9 Å². The Morgan fingerprint density at radius 1 is 1.00 bits per heavy atom. The summed E-state index contributed by atoms with van der Waals surface area (Å²) in [6, 6.07) is 11.1. The second-order valence-electron chi connectivity index (χ2n) is 6.28. The van der Waals surface area contributed by atoms with Gasteiger partial charge >= 0.3 is 0 Å². The SMILES string of the molecule is CCCOc1ccc(C(=O)Nc2ccc(S(=O)(=O)N(CC)CC)cc2)cc1OC. The highest BCUT2D eigenvalue weighted by Gasteiger charge is 2.21. The van der Waals surface area contributed by atoms with E-state index in [0.717, 1.165) is 6.42 Å². The molecule has 0 saturated heterocycles. The van der Waals surface area contributed by atoms with Crippen molar-refractivity contribution >= 4 is 21.6 Å². The first-order valence-corrected chi connectivity index (χ1v) is 11.0. The van der Waals surface area contributed by atoms with Gasteiger partial charge in [0.05, 0.1) is 18.6 Å². The minimum Gasteiger partial charge on any atom is -0.493 e. The Bertz CT molecular complexity index is 923. The first-order chi connectivity index (χ1) is 13.9. The number of amides is 1. The second kappa shape index (κ2) is 10.3. The average molecular weight is 421 g/mol. The van der Waals surface area contributed by atoms with Crippen LogP contribution in [0.4, 0.5) is 5.69 Å². The lowest BCUT2D eigenvalue weighted by Gasteiger charge is -2.18. The van der Waals surface area contributed by atoms with Crippen LogP contribution in [0, 0.1) is 0 Å². The fourth-order valence-electron chi connectivity index (χ4n) is 2.77. The van der Waals surface area contributed by atoms with E-state index < -0.39 is 10.0 Å². The van der Waals surface area contributed by atoms with E-state index in [-0.39, 0.29) is 10.8 Å². The fraction of sp³-hybridized carbons (Fsp3) is 0.381. The lowest BCUT2D eigenvalue weighted by Crippen LogP contribution is -2.30. The maximum atomic E-state index is 12.6. The summed E-state index contributed by atoms with van der Waals surface area (Å²) in [6.45, 7) is 6.96. The summed E-state index contributed by atoms with van der Waals surface area (Å²) in [5.41, 5.74) is 0.907. The molecule has 0 spiro atoms. The van der Waals surface area contributed by atoms with Crippen molar-refractivity contribution in [2.45, 2.75) is 32.1 Å². The number of hydrogen-bond acceptors (Lipinski definition) is 5. The Morgan fingerprint density at radius 2 is 1.66 bits per heavy atom. The van der Waals surface area contributed by atoms with Crippen molar-refractivity contribution in [1.29, 1.82) is 0 Å². The van der Waals surface area contributed by atoms with Crippen LogP contribution in [-0.2, 0) is 10.0 Å². The number of nitrogens with one attached hydrogen (secondary N) is 1. The molecule has 0 aromatic heterocycles. The Hall–Kier alpha value is -2.58. The van der Waals surface area contributed by atoms with Gasteiger partial charge in [-0.1, -0.05) is 20.8 Å². The third-order valence-electron chi connectivity index (χ3n) is 4.34. The second-order valence-corrected chi connectivity index (χ2v) is 8.22. The molecule has 0 aliphatic heterocycles. The molecular weight excluding hydrogens is 392 g/mol. The zero-order chi connectivity index (χ0) is 21.4. The van der Waals surface area contributed by atoms with Crippen molar-refractivity contribution < 1.29 is 22.7 Å². The quantitative estimate of drug-likeness (QED) is 0.632. The predicted molar refractivity (Wildman–Crippen MR) is 113 cm³/mol. The number of anilines is 1. The van der Waals surface area contributed by atoms with E-state index in [1.807, 2.05) is 6.92 Å². The number of sulfonamides is 1. The zero-order valence-electron chi connectivity index (χ0n) is 17.3. The monoisotopic (exact) mass is 420 g/mol. The van der Waals surface area contributed by atoms with Crippen LogP contribution in [0.1, 0.15) is 37.6 Å². The smallest absolute Gasteiger partial charge is 0.255 e. The van der Waals surface area contributed by atoms with E-state index in [9.17, 15) is 13.2 Å². The van der Waals surface area contributed by atoms with Gasteiger partial charge in [0.25, 0.3) is 5.91 Å².